The summed E-state index contributed by atoms with van der Waals surface area (Å²) < 4.78 is 0. The zero-order valence-corrected chi connectivity index (χ0v) is 16.5. The van der Waals surface area contributed by atoms with Crippen molar-refractivity contribution in [3.8, 4) is 0 Å². The van der Waals surface area contributed by atoms with E-state index in [2.05, 4.69) is 6.92 Å². The molecule has 0 spiro atoms. The minimum Gasteiger partial charge on any atom is -0.119 e. The molecule has 0 N–H and O–H groups in total. The number of alkyl halides is 1. The van der Waals surface area contributed by atoms with Crippen LogP contribution in [0.3, 0.4) is 0 Å². The van der Waals surface area contributed by atoms with Gasteiger partial charge in [-0.25, -0.2) is 0 Å². The predicted octanol–water partition coefficient (Wildman–Crippen LogP) is 8.27. The van der Waals surface area contributed by atoms with Gasteiger partial charge in [0.05, 0.1) is 4.87 Å². The highest BCUT2D eigenvalue weighted by atomic mass is 35.5. The first-order chi connectivity index (χ1) is 11.3. The lowest BCUT2D eigenvalue weighted by Crippen LogP contribution is -2.42. The van der Waals surface area contributed by atoms with Crippen molar-refractivity contribution in [1.82, 2.24) is 0 Å². The van der Waals surface area contributed by atoms with Crippen LogP contribution in [0.25, 0.3) is 0 Å². The van der Waals surface area contributed by atoms with Gasteiger partial charge in [-0.05, 0) is 43.9 Å². The summed E-state index contributed by atoms with van der Waals surface area (Å²) in [4.78, 5) is 0.157. The van der Waals surface area contributed by atoms with Gasteiger partial charge in [-0.15, -0.1) is 11.6 Å². The normalized spacial score (nSPS) is 21.7. The molecule has 2 aliphatic rings. The molecule has 2 rings (SSSR count). The van der Waals surface area contributed by atoms with Gasteiger partial charge in [-0.1, -0.05) is 90.4 Å². The van der Waals surface area contributed by atoms with Gasteiger partial charge in [0.25, 0.3) is 0 Å². The van der Waals surface area contributed by atoms with Gasteiger partial charge in [0.1, 0.15) is 0 Å². The molecule has 2 saturated carbocycles. The molecule has 0 nitrogen and oxygen atoms in total. The molecule has 0 heterocycles. The third-order valence-corrected chi connectivity index (χ3v) is 7.54. The molecule has 0 saturated heterocycles. The van der Waals surface area contributed by atoms with E-state index in [1.807, 2.05) is 0 Å². The SMILES string of the molecule is CCCCCCCCCC(Cl)(C1CCCCC1)C1CCCCC1. The van der Waals surface area contributed by atoms with Gasteiger partial charge < -0.3 is 0 Å². The molecule has 2 aliphatic carbocycles. The Balaban J connectivity index is 1.80. The van der Waals surface area contributed by atoms with Crippen molar-refractivity contribution >= 4 is 11.6 Å². The number of rotatable bonds is 10. The predicted molar refractivity (Wildman–Crippen MR) is 104 cm³/mol. The first-order valence-corrected chi connectivity index (χ1v) is 11.3. The van der Waals surface area contributed by atoms with Gasteiger partial charge in [-0.3, -0.25) is 0 Å². The second kappa shape index (κ2) is 11.0. The van der Waals surface area contributed by atoms with E-state index in [-0.39, 0.29) is 4.87 Å². The summed E-state index contributed by atoms with van der Waals surface area (Å²) in [5, 5.41) is 0. The van der Waals surface area contributed by atoms with Crippen molar-refractivity contribution in [3.05, 3.63) is 0 Å². The molecular formula is C22H41Cl. The van der Waals surface area contributed by atoms with Crippen LogP contribution in [0.5, 0.6) is 0 Å². The Morgan fingerprint density at radius 2 is 1.09 bits per heavy atom. The number of hydrogen-bond acceptors (Lipinski definition) is 0. The number of unbranched alkanes of at least 4 members (excludes halogenated alkanes) is 6. The molecule has 0 unspecified atom stereocenters. The fourth-order valence-corrected chi connectivity index (χ4v) is 5.83. The van der Waals surface area contributed by atoms with Crippen LogP contribution in [-0.4, -0.2) is 4.87 Å². The number of halogens is 1. The second-order valence-corrected chi connectivity index (χ2v) is 9.17. The molecule has 0 atom stereocenters. The van der Waals surface area contributed by atoms with Crippen molar-refractivity contribution in [2.24, 2.45) is 11.8 Å². The molecule has 23 heavy (non-hydrogen) atoms. The summed E-state index contributed by atoms with van der Waals surface area (Å²) in [5.41, 5.74) is 0. The van der Waals surface area contributed by atoms with E-state index in [1.54, 1.807) is 0 Å². The molecule has 0 radical (unpaired) electrons. The van der Waals surface area contributed by atoms with Crippen molar-refractivity contribution in [3.63, 3.8) is 0 Å². The highest BCUT2D eigenvalue weighted by Crippen LogP contribution is 2.49. The zero-order chi connectivity index (χ0) is 16.4. The molecule has 0 aliphatic heterocycles. The molecule has 0 aromatic heterocycles. The summed E-state index contributed by atoms with van der Waals surface area (Å²) in [6.07, 6.45) is 25.5. The summed E-state index contributed by atoms with van der Waals surface area (Å²) in [6, 6.07) is 0. The van der Waals surface area contributed by atoms with Crippen molar-refractivity contribution in [2.45, 2.75) is 127 Å². The Morgan fingerprint density at radius 1 is 0.652 bits per heavy atom. The Kier molecular flexibility index (Phi) is 9.39. The van der Waals surface area contributed by atoms with Crippen LogP contribution in [-0.2, 0) is 0 Å². The van der Waals surface area contributed by atoms with Gasteiger partial charge >= 0.3 is 0 Å². The van der Waals surface area contributed by atoms with E-state index < -0.39 is 0 Å². The van der Waals surface area contributed by atoms with Crippen LogP contribution in [0.15, 0.2) is 0 Å². The lowest BCUT2D eigenvalue weighted by atomic mass is 9.67. The minimum absolute atomic E-state index is 0.157. The van der Waals surface area contributed by atoms with Gasteiger partial charge in [-0.2, -0.15) is 0 Å². The smallest absolute Gasteiger partial charge is 0.0503 e. The first-order valence-electron chi connectivity index (χ1n) is 11.0. The van der Waals surface area contributed by atoms with Crippen LogP contribution < -0.4 is 0 Å². The van der Waals surface area contributed by atoms with Crippen LogP contribution in [0, 0.1) is 11.8 Å². The van der Waals surface area contributed by atoms with E-state index in [0.29, 0.717) is 0 Å². The Morgan fingerprint density at radius 3 is 1.57 bits per heavy atom. The summed E-state index contributed by atoms with van der Waals surface area (Å²) in [6.45, 7) is 2.30. The van der Waals surface area contributed by atoms with Crippen LogP contribution in [0.4, 0.5) is 0 Å². The Bertz CT molecular complexity index is 268. The molecule has 2 fully saturated rings. The molecular weight excluding hydrogens is 300 g/mol. The molecule has 0 amide bonds. The fourth-order valence-electron chi connectivity index (χ4n) is 5.26. The largest absolute Gasteiger partial charge is 0.119 e. The Hall–Kier alpha value is 0.290. The average Bonchev–Trinajstić information content (AvgIpc) is 2.62. The van der Waals surface area contributed by atoms with Crippen LogP contribution >= 0.6 is 11.6 Å². The van der Waals surface area contributed by atoms with E-state index in [9.17, 15) is 0 Å². The average molecular weight is 341 g/mol. The topological polar surface area (TPSA) is 0 Å². The molecule has 1 heteroatoms. The molecule has 0 aromatic rings. The van der Waals surface area contributed by atoms with Gasteiger partial charge in [0.2, 0.25) is 0 Å². The van der Waals surface area contributed by atoms with Crippen molar-refractivity contribution in [1.29, 1.82) is 0 Å². The van der Waals surface area contributed by atoms with Crippen molar-refractivity contribution in [2.75, 3.05) is 0 Å². The molecule has 0 bridgehead atoms. The molecule has 136 valence electrons. The van der Waals surface area contributed by atoms with E-state index >= 15 is 0 Å². The molecule has 0 aromatic carbocycles. The monoisotopic (exact) mass is 340 g/mol. The summed E-state index contributed by atoms with van der Waals surface area (Å²) in [5.74, 6) is 1.64. The van der Waals surface area contributed by atoms with Gasteiger partial charge in [0, 0.05) is 0 Å². The zero-order valence-electron chi connectivity index (χ0n) is 15.8. The maximum atomic E-state index is 7.46. The standard InChI is InChI=1S/C22H41Cl/c1-2-3-4-5-6-7-14-19-22(23,20-15-10-8-11-16-20)21-17-12-9-13-18-21/h20-21H,2-19H2,1H3. The second-order valence-electron chi connectivity index (χ2n) is 8.47. The third kappa shape index (κ3) is 6.26. The van der Waals surface area contributed by atoms with Gasteiger partial charge in [0.15, 0.2) is 0 Å². The van der Waals surface area contributed by atoms with E-state index in [4.69, 9.17) is 11.6 Å². The van der Waals surface area contributed by atoms with Crippen LogP contribution in [0.2, 0.25) is 0 Å². The lowest BCUT2D eigenvalue weighted by Gasteiger charge is -2.45. The maximum Gasteiger partial charge on any atom is 0.0503 e. The first kappa shape index (κ1) is 19.6. The summed E-state index contributed by atoms with van der Waals surface area (Å²) in [7, 11) is 0. The quantitative estimate of drug-likeness (QED) is 0.277. The van der Waals surface area contributed by atoms with E-state index in [0.717, 1.165) is 11.8 Å². The minimum atomic E-state index is 0.157. The maximum absolute atomic E-state index is 7.46. The van der Waals surface area contributed by atoms with Crippen molar-refractivity contribution < 1.29 is 0 Å². The fraction of sp³-hybridized carbons (Fsp3) is 1.00. The highest BCUT2D eigenvalue weighted by Gasteiger charge is 2.43. The third-order valence-electron chi connectivity index (χ3n) is 6.73. The van der Waals surface area contributed by atoms with Crippen LogP contribution in [0.1, 0.15) is 122 Å². The summed E-state index contributed by atoms with van der Waals surface area (Å²) >= 11 is 7.46. The Labute approximate surface area is 151 Å². The van der Waals surface area contributed by atoms with E-state index in [1.165, 1.54) is 116 Å². The lowest BCUT2D eigenvalue weighted by molar-refractivity contribution is 0.157. The number of hydrogen-bond donors (Lipinski definition) is 0. The highest BCUT2D eigenvalue weighted by molar-refractivity contribution is 6.24.